The Balaban J connectivity index is 1.33. The zero-order valence-corrected chi connectivity index (χ0v) is 13.9. The van der Waals surface area contributed by atoms with Crippen molar-refractivity contribution in [2.75, 3.05) is 13.1 Å². The third-order valence-electron chi connectivity index (χ3n) is 4.75. The first-order chi connectivity index (χ1) is 12.2. The number of carbonyl (C=O) groups is 2. The van der Waals surface area contributed by atoms with Crippen LogP contribution in [0.5, 0.6) is 0 Å². The molecule has 7 heteroatoms. The van der Waals surface area contributed by atoms with Crippen LogP contribution in [-0.2, 0) is 6.42 Å². The number of fused-ring (bicyclic) bond motifs is 1. The molecule has 1 aromatic heterocycles. The average Bonchev–Trinajstić information content (AvgIpc) is 3.22. The van der Waals surface area contributed by atoms with Gasteiger partial charge in [-0.2, -0.15) is 4.98 Å². The third kappa shape index (κ3) is 3.07. The zero-order chi connectivity index (χ0) is 17.2. The van der Waals surface area contributed by atoms with Crippen molar-refractivity contribution in [2.45, 2.75) is 38.1 Å². The summed E-state index contributed by atoms with van der Waals surface area (Å²) in [6, 6.07) is 7.07. The minimum atomic E-state index is -0.221. The van der Waals surface area contributed by atoms with Gasteiger partial charge in [0.1, 0.15) is 0 Å². The predicted octanol–water partition coefficient (Wildman–Crippen LogP) is 2.11. The van der Waals surface area contributed by atoms with E-state index >= 15 is 0 Å². The molecular formula is C18H20N4O3. The number of aryl methyl sites for hydroxylation is 1. The molecular weight excluding hydrogens is 320 g/mol. The Kier molecular flexibility index (Phi) is 4.31. The number of carbonyl (C=O) groups excluding carboxylic acids is 2. The van der Waals surface area contributed by atoms with Gasteiger partial charge in [0.05, 0.1) is 17.2 Å². The highest BCUT2D eigenvalue weighted by Crippen LogP contribution is 2.23. The quantitative estimate of drug-likeness (QED) is 0.839. The van der Waals surface area contributed by atoms with Crippen molar-refractivity contribution in [2.24, 2.45) is 0 Å². The van der Waals surface area contributed by atoms with E-state index < -0.39 is 0 Å². The molecule has 0 saturated carbocycles. The highest BCUT2D eigenvalue weighted by atomic mass is 16.5. The van der Waals surface area contributed by atoms with E-state index in [2.05, 4.69) is 15.5 Å². The lowest BCUT2D eigenvalue weighted by Crippen LogP contribution is -2.31. The molecule has 4 rings (SSSR count). The minimum absolute atomic E-state index is 0.145. The lowest BCUT2D eigenvalue weighted by atomic mass is 10.1. The summed E-state index contributed by atoms with van der Waals surface area (Å²) >= 11 is 0. The van der Waals surface area contributed by atoms with Crippen LogP contribution in [0.25, 0.3) is 0 Å². The van der Waals surface area contributed by atoms with Gasteiger partial charge in [-0.25, -0.2) is 0 Å². The van der Waals surface area contributed by atoms with E-state index in [-0.39, 0.29) is 17.9 Å². The average molecular weight is 340 g/mol. The monoisotopic (exact) mass is 340 g/mol. The number of aromatic nitrogens is 2. The maximum absolute atomic E-state index is 12.3. The number of imide groups is 1. The van der Waals surface area contributed by atoms with Crippen molar-refractivity contribution in [1.29, 1.82) is 0 Å². The van der Waals surface area contributed by atoms with Crippen LogP contribution in [-0.4, -0.2) is 39.9 Å². The number of benzene rings is 1. The predicted molar refractivity (Wildman–Crippen MR) is 89.0 cm³/mol. The van der Waals surface area contributed by atoms with Gasteiger partial charge in [0.25, 0.3) is 11.8 Å². The number of hydrogen-bond donors (Lipinski definition) is 1. The molecule has 2 aliphatic heterocycles. The molecule has 1 atom stereocenters. The third-order valence-corrected chi connectivity index (χ3v) is 4.75. The summed E-state index contributed by atoms with van der Waals surface area (Å²) in [7, 11) is 0. The number of nitrogens with one attached hydrogen (secondary N) is 1. The second kappa shape index (κ2) is 6.76. The minimum Gasteiger partial charge on any atom is -0.338 e. The molecule has 0 unspecified atom stereocenters. The molecule has 1 aromatic carbocycles. The van der Waals surface area contributed by atoms with E-state index in [0.717, 1.165) is 19.4 Å². The van der Waals surface area contributed by atoms with Crippen LogP contribution in [0, 0.1) is 0 Å². The topological polar surface area (TPSA) is 88.3 Å². The smallest absolute Gasteiger partial charge is 0.261 e. The summed E-state index contributed by atoms with van der Waals surface area (Å²) in [5.74, 6) is 0.816. The highest BCUT2D eigenvalue weighted by Gasteiger charge is 2.34. The van der Waals surface area contributed by atoms with Crippen LogP contribution in [0.2, 0.25) is 0 Å². The first kappa shape index (κ1) is 16.0. The van der Waals surface area contributed by atoms with Gasteiger partial charge in [-0.05, 0) is 37.9 Å². The molecule has 2 aliphatic rings. The maximum atomic E-state index is 12.3. The molecule has 1 fully saturated rings. The molecule has 1 N–H and O–H groups in total. The van der Waals surface area contributed by atoms with Crippen LogP contribution >= 0.6 is 0 Å². The summed E-state index contributed by atoms with van der Waals surface area (Å²) in [5, 5.41) is 7.40. The largest absolute Gasteiger partial charge is 0.338 e. The van der Waals surface area contributed by atoms with Gasteiger partial charge in [-0.3, -0.25) is 14.5 Å². The van der Waals surface area contributed by atoms with Gasteiger partial charge in [0.2, 0.25) is 5.89 Å². The molecule has 0 bridgehead atoms. The van der Waals surface area contributed by atoms with E-state index in [1.807, 2.05) is 0 Å². The number of nitrogens with zero attached hydrogens (tertiary/aromatic N) is 3. The molecule has 3 heterocycles. The summed E-state index contributed by atoms with van der Waals surface area (Å²) in [5.41, 5.74) is 0.968. The Hall–Kier alpha value is -2.54. The van der Waals surface area contributed by atoms with Crippen molar-refractivity contribution in [3.63, 3.8) is 0 Å². The number of hydrogen-bond acceptors (Lipinski definition) is 6. The lowest BCUT2D eigenvalue weighted by molar-refractivity contribution is 0.0652. The molecule has 2 aromatic rings. The molecule has 25 heavy (non-hydrogen) atoms. The van der Waals surface area contributed by atoms with Crippen LogP contribution in [0.4, 0.5) is 0 Å². The van der Waals surface area contributed by atoms with Crippen molar-refractivity contribution >= 4 is 11.8 Å². The zero-order valence-electron chi connectivity index (χ0n) is 13.9. The molecule has 2 amide bonds. The fraction of sp³-hybridized carbons (Fsp3) is 0.444. The van der Waals surface area contributed by atoms with Crippen molar-refractivity contribution < 1.29 is 14.1 Å². The van der Waals surface area contributed by atoms with Gasteiger partial charge >= 0.3 is 0 Å². The van der Waals surface area contributed by atoms with Gasteiger partial charge in [0.15, 0.2) is 5.82 Å². The number of rotatable bonds is 5. The van der Waals surface area contributed by atoms with E-state index in [9.17, 15) is 9.59 Å². The highest BCUT2D eigenvalue weighted by molar-refractivity contribution is 6.21. The van der Waals surface area contributed by atoms with Gasteiger partial charge in [-0.1, -0.05) is 23.7 Å². The van der Waals surface area contributed by atoms with Crippen LogP contribution in [0.15, 0.2) is 28.8 Å². The Morgan fingerprint density at radius 1 is 1.16 bits per heavy atom. The van der Waals surface area contributed by atoms with Gasteiger partial charge < -0.3 is 9.84 Å². The van der Waals surface area contributed by atoms with Crippen molar-refractivity contribution in [3.05, 3.63) is 47.1 Å². The Labute approximate surface area is 145 Å². The van der Waals surface area contributed by atoms with Crippen LogP contribution in [0.3, 0.4) is 0 Å². The molecule has 0 radical (unpaired) electrons. The lowest BCUT2D eigenvalue weighted by Gasteiger charge is -2.19. The van der Waals surface area contributed by atoms with Crippen LogP contribution < -0.4 is 5.32 Å². The maximum Gasteiger partial charge on any atom is 0.261 e. The summed E-state index contributed by atoms with van der Waals surface area (Å²) in [4.78, 5) is 30.4. The first-order valence-corrected chi connectivity index (χ1v) is 8.75. The van der Waals surface area contributed by atoms with Crippen LogP contribution in [0.1, 0.15) is 64.2 Å². The van der Waals surface area contributed by atoms with Crippen molar-refractivity contribution in [3.8, 4) is 0 Å². The first-order valence-electron chi connectivity index (χ1n) is 8.75. The normalized spacial score (nSPS) is 20.2. The van der Waals surface area contributed by atoms with Gasteiger partial charge in [0, 0.05) is 13.0 Å². The number of amides is 2. The SMILES string of the molecule is O=C1c2ccccc2C(=O)N1CCCc1noc([C@H]2CCCCN2)n1. The van der Waals surface area contributed by atoms with E-state index in [0.29, 0.717) is 42.2 Å². The molecule has 130 valence electrons. The molecule has 0 spiro atoms. The Bertz CT molecular complexity index is 760. The van der Waals surface area contributed by atoms with E-state index in [1.54, 1.807) is 24.3 Å². The Morgan fingerprint density at radius 3 is 2.60 bits per heavy atom. The summed E-state index contributed by atoms with van der Waals surface area (Å²) in [6.45, 7) is 1.33. The molecule has 1 saturated heterocycles. The molecule has 0 aliphatic carbocycles. The fourth-order valence-corrected chi connectivity index (χ4v) is 3.41. The van der Waals surface area contributed by atoms with E-state index in [4.69, 9.17) is 4.52 Å². The number of piperidine rings is 1. The summed E-state index contributed by atoms with van der Waals surface area (Å²) < 4.78 is 5.35. The second-order valence-electron chi connectivity index (χ2n) is 6.46. The van der Waals surface area contributed by atoms with E-state index in [1.165, 1.54) is 11.3 Å². The van der Waals surface area contributed by atoms with Gasteiger partial charge in [-0.15, -0.1) is 0 Å². The summed E-state index contributed by atoms with van der Waals surface area (Å²) in [6.07, 6.45) is 4.54. The second-order valence-corrected chi connectivity index (χ2v) is 6.46. The fourth-order valence-electron chi connectivity index (χ4n) is 3.41. The Morgan fingerprint density at radius 2 is 1.92 bits per heavy atom. The molecule has 7 nitrogen and oxygen atoms in total. The van der Waals surface area contributed by atoms with Crippen molar-refractivity contribution in [1.82, 2.24) is 20.4 Å². The standard InChI is InChI=1S/C18H20N4O3/c23-17-12-6-1-2-7-13(12)18(24)22(17)11-5-9-15-20-16(25-21-15)14-8-3-4-10-19-14/h1-2,6-7,14,19H,3-5,8-11H2/t14-/m1/s1.